The molecule has 0 saturated carbocycles. The first kappa shape index (κ1) is 17.1. The fourth-order valence-electron chi connectivity index (χ4n) is 2.86. The number of carbonyl (C=O) groups is 2. The Kier molecular flexibility index (Phi) is 4.52. The monoisotopic (exact) mass is 348 g/mol. The van der Waals surface area contributed by atoms with Crippen LogP contribution in [0.5, 0.6) is 0 Å². The Labute approximate surface area is 143 Å². The van der Waals surface area contributed by atoms with Crippen molar-refractivity contribution in [1.29, 1.82) is 0 Å². The van der Waals surface area contributed by atoms with Gasteiger partial charge in [-0.15, -0.1) is 0 Å². The summed E-state index contributed by atoms with van der Waals surface area (Å²) < 4.78 is 25.9. The van der Waals surface area contributed by atoms with Crippen LogP contribution in [0, 0.1) is 13.8 Å². The standard InChI is InChI=1S/C17H18F2N4O2/c1-10-4-3-5-13(11(10)2)15-16(24)23(17(25)20-15)8-12-6-7-22(21-12)9-14(18)19/h3-7,14-15H,8-9H2,1-2H3,(H,20,25). The number of nitrogens with one attached hydrogen (secondary N) is 1. The Hall–Kier alpha value is -2.77. The second-order valence-corrected chi connectivity index (χ2v) is 6.02. The Morgan fingerprint density at radius 3 is 2.72 bits per heavy atom. The fraction of sp³-hybridized carbons (Fsp3) is 0.353. The summed E-state index contributed by atoms with van der Waals surface area (Å²) >= 11 is 0. The maximum Gasteiger partial charge on any atom is 0.325 e. The molecule has 1 aromatic carbocycles. The molecule has 1 aliphatic rings. The molecule has 1 atom stereocenters. The second kappa shape index (κ2) is 6.62. The lowest BCUT2D eigenvalue weighted by Gasteiger charge is -2.14. The molecule has 1 saturated heterocycles. The van der Waals surface area contributed by atoms with Gasteiger partial charge in [0.2, 0.25) is 0 Å². The van der Waals surface area contributed by atoms with Gasteiger partial charge >= 0.3 is 6.03 Å². The van der Waals surface area contributed by atoms with Crippen LogP contribution in [0.3, 0.4) is 0 Å². The summed E-state index contributed by atoms with van der Waals surface area (Å²) in [6.45, 7) is 3.26. The molecule has 8 heteroatoms. The number of alkyl halides is 2. The number of benzene rings is 1. The smallest absolute Gasteiger partial charge is 0.322 e. The highest BCUT2D eigenvalue weighted by Gasteiger charge is 2.39. The number of aryl methyl sites for hydroxylation is 1. The average molecular weight is 348 g/mol. The molecule has 132 valence electrons. The van der Waals surface area contributed by atoms with E-state index in [0.717, 1.165) is 26.3 Å². The van der Waals surface area contributed by atoms with Crippen LogP contribution < -0.4 is 5.32 Å². The predicted molar refractivity (Wildman–Crippen MR) is 86.0 cm³/mol. The molecular weight excluding hydrogens is 330 g/mol. The fourth-order valence-corrected chi connectivity index (χ4v) is 2.86. The zero-order chi connectivity index (χ0) is 18.1. The van der Waals surface area contributed by atoms with Crippen LogP contribution in [0.2, 0.25) is 0 Å². The molecular formula is C17H18F2N4O2. The Morgan fingerprint density at radius 2 is 2.00 bits per heavy atom. The number of nitrogens with zero attached hydrogens (tertiary/aromatic N) is 3. The van der Waals surface area contributed by atoms with Gasteiger partial charge in [-0.25, -0.2) is 13.6 Å². The highest BCUT2D eigenvalue weighted by Crippen LogP contribution is 2.27. The predicted octanol–water partition coefficient (Wildman–Crippen LogP) is 2.56. The minimum atomic E-state index is -2.52. The van der Waals surface area contributed by atoms with Gasteiger partial charge in [-0.1, -0.05) is 18.2 Å². The third-order valence-electron chi connectivity index (χ3n) is 4.32. The molecule has 1 aliphatic heterocycles. The van der Waals surface area contributed by atoms with Gasteiger partial charge < -0.3 is 5.32 Å². The van der Waals surface area contributed by atoms with Crippen molar-refractivity contribution in [2.75, 3.05) is 0 Å². The molecule has 0 radical (unpaired) electrons. The first-order valence-electron chi connectivity index (χ1n) is 7.85. The number of carbonyl (C=O) groups excluding carboxylic acids is 2. The van der Waals surface area contributed by atoms with Crippen molar-refractivity contribution in [3.63, 3.8) is 0 Å². The van der Waals surface area contributed by atoms with Gasteiger partial charge in [0.1, 0.15) is 12.6 Å². The van der Waals surface area contributed by atoms with Gasteiger partial charge in [-0.2, -0.15) is 5.10 Å². The number of amides is 3. The van der Waals surface area contributed by atoms with Crippen molar-refractivity contribution < 1.29 is 18.4 Å². The summed E-state index contributed by atoms with van der Waals surface area (Å²) in [7, 11) is 0. The Morgan fingerprint density at radius 1 is 1.24 bits per heavy atom. The minimum Gasteiger partial charge on any atom is -0.322 e. The molecule has 6 nitrogen and oxygen atoms in total. The summed E-state index contributed by atoms with van der Waals surface area (Å²) in [5.41, 5.74) is 3.11. The van der Waals surface area contributed by atoms with Crippen molar-refractivity contribution in [3.05, 3.63) is 52.8 Å². The number of aromatic nitrogens is 2. The molecule has 0 bridgehead atoms. The number of imide groups is 1. The summed E-state index contributed by atoms with van der Waals surface area (Å²) in [5.74, 6) is -0.373. The molecule has 3 rings (SSSR count). The highest BCUT2D eigenvalue weighted by atomic mass is 19.3. The molecule has 1 aromatic heterocycles. The topological polar surface area (TPSA) is 67.2 Å². The second-order valence-electron chi connectivity index (χ2n) is 6.02. The number of hydrogen-bond acceptors (Lipinski definition) is 3. The van der Waals surface area contributed by atoms with Crippen molar-refractivity contribution in [2.45, 2.75) is 39.4 Å². The van der Waals surface area contributed by atoms with E-state index in [4.69, 9.17) is 0 Å². The van der Waals surface area contributed by atoms with Crippen molar-refractivity contribution in [1.82, 2.24) is 20.0 Å². The third-order valence-corrected chi connectivity index (χ3v) is 4.32. The zero-order valence-electron chi connectivity index (χ0n) is 13.9. The number of hydrogen-bond donors (Lipinski definition) is 1. The molecule has 1 N–H and O–H groups in total. The van der Waals surface area contributed by atoms with Gasteiger partial charge in [-0.05, 0) is 36.6 Å². The van der Waals surface area contributed by atoms with E-state index < -0.39 is 25.0 Å². The first-order chi connectivity index (χ1) is 11.9. The van der Waals surface area contributed by atoms with E-state index in [1.165, 1.54) is 12.3 Å². The van der Waals surface area contributed by atoms with Crippen LogP contribution in [0.15, 0.2) is 30.5 Å². The number of urea groups is 1. The Balaban J connectivity index is 1.77. The molecule has 0 spiro atoms. The van der Waals surface area contributed by atoms with E-state index in [-0.39, 0.29) is 12.5 Å². The summed E-state index contributed by atoms with van der Waals surface area (Å²) in [5, 5.41) is 6.66. The summed E-state index contributed by atoms with van der Waals surface area (Å²) in [6, 6.07) is 5.86. The molecule has 1 fully saturated rings. The maximum absolute atomic E-state index is 12.7. The van der Waals surface area contributed by atoms with Crippen molar-refractivity contribution >= 4 is 11.9 Å². The van der Waals surface area contributed by atoms with E-state index in [1.54, 1.807) is 0 Å². The zero-order valence-corrected chi connectivity index (χ0v) is 13.9. The van der Waals surface area contributed by atoms with Crippen LogP contribution >= 0.6 is 0 Å². The van der Waals surface area contributed by atoms with E-state index >= 15 is 0 Å². The quantitative estimate of drug-likeness (QED) is 0.845. The van der Waals surface area contributed by atoms with Crippen molar-refractivity contribution in [2.24, 2.45) is 0 Å². The Bertz CT molecular complexity index is 819. The molecule has 3 amide bonds. The average Bonchev–Trinajstić information content (AvgIpc) is 3.09. The van der Waals surface area contributed by atoms with Crippen LogP contribution in [-0.4, -0.2) is 33.0 Å². The van der Waals surface area contributed by atoms with Gasteiger partial charge in [-0.3, -0.25) is 14.4 Å². The molecule has 2 heterocycles. The third kappa shape index (κ3) is 3.38. The lowest BCUT2D eigenvalue weighted by atomic mass is 9.97. The van der Waals surface area contributed by atoms with E-state index in [0.29, 0.717) is 5.69 Å². The summed E-state index contributed by atoms with van der Waals surface area (Å²) in [4.78, 5) is 25.9. The highest BCUT2D eigenvalue weighted by molar-refractivity contribution is 6.04. The molecule has 25 heavy (non-hydrogen) atoms. The number of halogens is 2. The minimum absolute atomic E-state index is 0.0533. The largest absolute Gasteiger partial charge is 0.325 e. The van der Waals surface area contributed by atoms with Gasteiger partial charge in [0, 0.05) is 6.20 Å². The van der Waals surface area contributed by atoms with Crippen LogP contribution in [0.1, 0.15) is 28.4 Å². The van der Waals surface area contributed by atoms with E-state index in [1.807, 2.05) is 32.0 Å². The van der Waals surface area contributed by atoms with Crippen LogP contribution in [0.25, 0.3) is 0 Å². The molecule has 2 aromatic rings. The lowest BCUT2D eigenvalue weighted by Crippen LogP contribution is -2.30. The normalized spacial score (nSPS) is 17.5. The van der Waals surface area contributed by atoms with E-state index in [2.05, 4.69) is 10.4 Å². The van der Waals surface area contributed by atoms with Crippen LogP contribution in [-0.2, 0) is 17.9 Å². The van der Waals surface area contributed by atoms with Crippen molar-refractivity contribution in [3.8, 4) is 0 Å². The lowest BCUT2D eigenvalue weighted by molar-refractivity contribution is -0.128. The summed E-state index contributed by atoms with van der Waals surface area (Å²) in [6.07, 6.45) is -1.11. The molecule has 0 aliphatic carbocycles. The van der Waals surface area contributed by atoms with Crippen LogP contribution in [0.4, 0.5) is 13.6 Å². The SMILES string of the molecule is Cc1cccc(C2NC(=O)N(Cc3ccn(CC(F)F)n3)C2=O)c1C. The number of rotatable bonds is 5. The first-order valence-corrected chi connectivity index (χ1v) is 7.85. The van der Waals surface area contributed by atoms with E-state index in [9.17, 15) is 18.4 Å². The maximum atomic E-state index is 12.7. The molecule has 1 unspecified atom stereocenters. The van der Waals surface area contributed by atoms with Gasteiger partial charge in [0.05, 0.1) is 12.2 Å². The van der Waals surface area contributed by atoms with Gasteiger partial charge in [0.25, 0.3) is 12.3 Å². The van der Waals surface area contributed by atoms with Gasteiger partial charge in [0.15, 0.2) is 0 Å².